The second-order valence-electron chi connectivity index (χ2n) is 4.92. The van der Waals surface area contributed by atoms with Crippen molar-refractivity contribution in [2.24, 2.45) is 0 Å². The summed E-state index contributed by atoms with van der Waals surface area (Å²) in [6, 6.07) is 10.4. The molecule has 0 saturated carbocycles. The van der Waals surface area contributed by atoms with Gasteiger partial charge in [0.05, 0.1) is 16.7 Å². The van der Waals surface area contributed by atoms with Gasteiger partial charge in [0.15, 0.2) is 0 Å². The van der Waals surface area contributed by atoms with Gasteiger partial charge < -0.3 is 10.3 Å². The van der Waals surface area contributed by atoms with Gasteiger partial charge in [-0.1, -0.05) is 13.0 Å². The minimum atomic E-state index is -0.280. The summed E-state index contributed by atoms with van der Waals surface area (Å²) in [5, 5.41) is 0. The van der Waals surface area contributed by atoms with Crippen LogP contribution in [0.1, 0.15) is 13.3 Å². The number of aromatic nitrogens is 2. The van der Waals surface area contributed by atoms with Crippen molar-refractivity contribution in [1.82, 2.24) is 9.55 Å². The zero-order valence-corrected chi connectivity index (χ0v) is 13.2. The number of imidazole rings is 1. The highest BCUT2D eigenvalue weighted by atomic mass is 79.9. The number of halogens is 2. The summed E-state index contributed by atoms with van der Waals surface area (Å²) in [5.41, 5.74) is 9.23. The predicted octanol–water partition coefficient (Wildman–Crippen LogP) is 4.60. The van der Waals surface area contributed by atoms with Gasteiger partial charge in [0.2, 0.25) is 0 Å². The van der Waals surface area contributed by atoms with Crippen LogP contribution in [0.2, 0.25) is 0 Å². The SMILES string of the molecule is CCCn1c(-c2cccc(Br)c2N)nc2cc(F)ccc21. The van der Waals surface area contributed by atoms with Crippen LogP contribution in [0.3, 0.4) is 0 Å². The molecule has 108 valence electrons. The van der Waals surface area contributed by atoms with E-state index in [1.807, 2.05) is 18.2 Å². The van der Waals surface area contributed by atoms with Crippen molar-refractivity contribution in [2.75, 3.05) is 5.73 Å². The van der Waals surface area contributed by atoms with Crippen LogP contribution in [0.5, 0.6) is 0 Å². The number of nitrogen functional groups attached to an aromatic ring is 1. The fraction of sp³-hybridized carbons (Fsp3) is 0.188. The number of hydrogen-bond acceptors (Lipinski definition) is 2. The molecule has 2 N–H and O–H groups in total. The molecule has 0 atom stereocenters. The average Bonchev–Trinajstić information content (AvgIpc) is 2.80. The van der Waals surface area contributed by atoms with Crippen LogP contribution < -0.4 is 5.73 Å². The van der Waals surface area contributed by atoms with Crippen LogP contribution in [0, 0.1) is 5.82 Å². The quantitative estimate of drug-likeness (QED) is 0.703. The molecule has 3 aromatic rings. The molecule has 1 heterocycles. The van der Waals surface area contributed by atoms with E-state index in [0.29, 0.717) is 11.2 Å². The smallest absolute Gasteiger partial charge is 0.143 e. The number of fused-ring (bicyclic) bond motifs is 1. The van der Waals surface area contributed by atoms with E-state index in [2.05, 4.69) is 32.4 Å². The van der Waals surface area contributed by atoms with Crippen LogP contribution in [-0.4, -0.2) is 9.55 Å². The Balaban J connectivity index is 2.30. The summed E-state index contributed by atoms with van der Waals surface area (Å²) < 4.78 is 16.4. The van der Waals surface area contributed by atoms with Crippen molar-refractivity contribution in [3.63, 3.8) is 0 Å². The lowest BCUT2D eigenvalue weighted by molar-refractivity contribution is 0.629. The molecule has 0 aliphatic rings. The third-order valence-electron chi connectivity index (χ3n) is 3.45. The lowest BCUT2D eigenvalue weighted by Crippen LogP contribution is -2.02. The summed E-state index contributed by atoms with van der Waals surface area (Å²) in [5.74, 6) is 0.494. The minimum Gasteiger partial charge on any atom is -0.397 e. The van der Waals surface area contributed by atoms with Gasteiger partial charge in [-0.15, -0.1) is 0 Å². The summed E-state index contributed by atoms with van der Waals surface area (Å²) in [6.45, 7) is 2.91. The fourth-order valence-corrected chi connectivity index (χ4v) is 2.86. The van der Waals surface area contributed by atoms with Crippen molar-refractivity contribution >= 4 is 32.7 Å². The second-order valence-corrected chi connectivity index (χ2v) is 5.78. The third kappa shape index (κ3) is 2.42. The normalized spacial score (nSPS) is 11.2. The third-order valence-corrected chi connectivity index (χ3v) is 4.14. The molecule has 0 radical (unpaired) electrons. The van der Waals surface area contributed by atoms with Crippen molar-refractivity contribution < 1.29 is 4.39 Å². The summed E-state index contributed by atoms with van der Waals surface area (Å²) in [6.07, 6.45) is 0.962. The van der Waals surface area contributed by atoms with Crippen molar-refractivity contribution in [1.29, 1.82) is 0 Å². The lowest BCUT2D eigenvalue weighted by atomic mass is 10.1. The first kappa shape index (κ1) is 14.1. The van der Waals surface area contributed by atoms with Gasteiger partial charge in [-0.2, -0.15) is 0 Å². The molecular weight excluding hydrogens is 333 g/mol. The van der Waals surface area contributed by atoms with E-state index in [1.165, 1.54) is 12.1 Å². The molecule has 0 amide bonds. The first-order valence-electron chi connectivity index (χ1n) is 6.82. The highest BCUT2D eigenvalue weighted by molar-refractivity contribution is 9.10. The summed E-state index contributed by atoms with van der Waals surface area (Å²) in [7, 11) is 0. The molecule has 0 aliphatic heterocycles. The Morgan fingerprint density at radius 3 is 2.86 bits per heavy atom. The van der Waals surface area contributed by atoms with Crippen LogP contribution in [0.15, 0.2) is 40.9 Å². The van der Waals surface area contributed by atoms with Gasteiger partial charge >= 0.3 is 0 Å². The number of anilines is 1. The Morgan fingerprint density at radius 1 is 1.29 bits per heavy atom. The van der Waals surface area contributed by atoms with E-state index in [1.54, 1.807) is 6.07 Å². The zero-order chi connectivity index (χ0) is 15.0. The largest absolute Gasteiger partial charge is 0.397 e. The highest BCUT2D eigenvalue weighted by Gasteiger charge is 2.15. The van der Waals surface area contributed by atoms with Crippen LogP contribution in [-0.2, 0) is 6.54 Å². The first-order chi connectivity index (χ1) is 10.1. The topological polar surface area (TPSA) is 43.8 Å². The van der Waals surface area contributed by atoms with Crippen LogP contribution in [0.25, 0.3) is 22.4 Å². The van der Waals surface area contributed by atoms with E-state index in [4.69, 9.17) is 5.73 Å². The molecule has 0 aliphatic carbocycles. The van der Waals surface area contributed by atoms with E-state index in [0.717, 1.165) is 34.3 Å². The maximum atomic E-state index is 13.4. The number of nitrogens with two attached hydrogens (primary N) is 1. The van der Waals surface area contributed by atoms with Gasteiger partial charge in [-0.3, -0.25) is 0 Å². The van der Waals surface area contributed by atoms with Gasteiger partial charge in [-0.05, 0) is 46.6 Å². The molecule has 2 aromatic carbocycles. The number of rotatable bonds is 3. The lowest BCUT2D eigenvalue weighted by Gasteiger charge is -2.10. The van der Waals surface area contributed by atoms with Crippen LogP contribution >= 0.6 is 15.9 Å². The number of hydrogen-bond donors (Lipinski definition) is 1. The number of para-hydroxylation sites is 1. The van der Waals surface area contributed by atoms with E-state index in [9.17, 15) is 4.39 Å². The maximum absolute atomic E-state index is 13.4. The molecule has 0 bridgehead atoms. The number of aryl methyl sites for hydroxylation is 1. The predicted molar refractivity (Wildman–Crippen MR) is 87.5 cm³/mol. The second kappa shape index (κ2) is 5.48. The zero-order valence-electron chi connectivity index (χ0n) is 11.6. The molecule has 0 fully saturated rings. The van der Waals surface area contributed by atoms with Crippen molar-refractivity contribution in [3.05, 3.63) is 46.7 Å². The van der Waals surface area contributed by atoms with E-state index < -0.39 is 0 Å². The Labute approximate surface area is 130 Å². The molecule has 3 rings (SSSR count). The van der Waals surface area contributed by atoms with Gasteiger partial charge in [-0.25, -0.2) is 9.37 Å². The van der Waals surface area contributed by atoms with Gasteiger partial charge in [0.1, 0.15) is 11.6 Å². The van der Waals surface area contributed by atoms with Gasteiger partial charge in [0, 0.05) is 22.6 Å². The molecule has 1 aromatic heterocycles. The molecule has 21 heavy (non-hydrogen) atoms. The van der Waals surface area contributed by atoms with Crippen molar-refractivity contribution in [2.45, 2.75) is 19.9 Å². The molecule has 3 nitrogen and oxygen atoms in total. The van der Waals surface area contributed by atoms with Crippen LogP contribution in [0.4, 0.5) is 10.1 Å². The number of benzene rings is 2. The Kier molecular flexibility index (Phi) is 3.68. The summed E-state index contributed by atoms with van der Waals surface area (Å²) >= 11 is 3.44. The van der Waals surface area contributed by atoms with Crippen molar-refractivity contribution in [3.8, 4) is 11.4 Å². The van der Waals surface area contributed by atoms with E-state index >= 15 is 0 Å². The monoisotopic (exact) mass is 347 g/mol. The minimum absolute atomic E-state index is 0.280. The molecule has 0 spiro atoms. The number of nitrogens with zero attached hydrogens (tertiary/aromatic N) is 2. The maximum Gasteiger partial charge on any atom is 0.143 e. The standard InChI is InChI=1S/C16H15BrFN3/c1-2-8-21-14-7-6-10(18)9-13(14)20-16(21)11-4-3-5-12(17)15(11)19/h3-7,9H,2,8,19H2,1H3. The Morgan fingerprint density at radius 2 is 2.10 bits per heavy atom. The molecule has 0 saturated heterocycles. The first-order valence-corrected chi connectivity index (χ1v) is 7.61. The average molecular weight is 348 g/mol. The van der Waals surface area contributed by atoms with E-state index in [-0.39, 0.29) is 5.82 Å². The molecule has 5 heteroatoms. The molecular formula is C16H15BrFN3. The highest BCUT2D eigenvalue weighted by Crippen LogP contribution is 2.33. The summed E-state index contributed by atoms with van der Waals surface area (Å²) in [4.78, 5) is 4.59. The Bertz CT molecular complexity index is 811. The fourth-order valence-electron chi connectivity index (χ4n) is 2.49. The molecule has 0 unspecified atom stereocenters. The van der Waals surface area contributed by atoms with Gasteiger partial charge in [0.25, 0.3) is 0 Å². The Hall–Kier alpha value is -1.88.